The maximum atomic E-state index is 10.7. The topological polar surface area (TPSA) is 74.1 Å². The third-order valence-corrected chi connectivity index (χ3v) is 4.63. The van der Waals surface area contributed by atoms with Crippen LogP contribution in [-0.2, 0) is 13.0 Å². The largest absolute Gasteiger partial charge is 0.493 e. The van der Waals surface area contributed by atoms with E-state index in [-0.39, 0.29) is 10.6 Å². The second-order valence-corrected chi connectivity index (χ2v) is 6.17. The first kappa shape index (κ1) is 18.6. The Labute approximate surface area is 157 Å². The van der Waals surface area contributed by atoms with Gasteiger partial charge in [0, 0.05) is 30.8 Å². The van der Waals surface area contributed by atoms with Crippen LogP contribution in [0.1, 0.15) is 16.7 Å². The van der Waals surface area contributed by atoms with E-state index in [1.165, 1.54) is 12.1 Å². The van der Waals surface area contributed by atoms with Crippen LogP contribution in [0.5, 0.6) is 17.2 Å². The molecular weight excluding hydrogens is 348 g/mol. The summed E-state index contributed by atoms with van der Waals surface area (Å²) in [5, 5.41) is 10.7. The summed E-state index contributed by atoms with van der Waals surface area (Å²) in [6.45, 7) is 1.47. The Morgan fingerprint density at radius 1 is 1.07 bits per heavy atom. The van der Waals surface area contributed by atoms with Crippen LogP contribution in [0.25, 0.3) is 6.08 Å². The van der Waals surface area contributed by atoms with Crippen LogP contribution in [0.15, 0.2) is 36.5 Å². The molecule has 1 heterocycles. The molecule has 0 amide bonds. The molecule has 0 bridgehead atoms. The van der Waals surface area contributed by atoms with E-state index in [4.69, 9.17) is 14.2 Å². The number of rotatable bonds is 7. The Morgan fingerprint density at radius 2 is 1.78 bits per heavy atom. The van der Waals surface area contributed by atoms with Gasteiger partial charge in [0.2, 0.25) is 5.75 Å². The molecule has 0 atom stereocenters. The molecule has 142 valence electrons. The number of nitro benzene ring substituents is 1. The number of benzene rings is 2. The Hall–Kier alpha value is -3.22. The maximum absolute atomic E-state index is 10.7. The van der Waals surface area contributed by atoms with E-state index >= 15 is 0 Å². The van der Waals surface area contributed by atoms with Gasteiger partial charge in [0.1, 0.15) is 0 Å². The zero-order chi connectivity index (χ0) is 19.4. The summed E-state index contributed by atoms with van der Waals surface area (Å²) in [6.07, 6.45) is 4.85. The Balaban J connectivity index is 1.75. The number of non-ortho nitro benzene ring substituents is 1. The lowest BCUT2D eigenvalue weighted by molar-refractivity contribution is -0.384. The molecule has 1 aliphatic heterocycles. The minimum Gasteiger partial charge on any atom is -0.493 e. The van der Waals surface area contributed by atoms with Gasteiger partial charge in [0.15, 0.2) is 11.5 Å². The van der Waals surface area contributed by atoms with Crippen molar-refractivity contribution in [3.8, 4) is 17.2 Å². The fraction of sp³-hybridized carbons (Fsp3) is 0.300. The molecular formula is C20H22N2O5. The van der Waals surface area contributed by atoms with Gasteiger partial charge in [0.25, 0.3) is 5.69 Å². The fourth-order valence-electron chi connectivity index (χ4n) is 3.20. The lowest BCUT2D eigenvalue weighted by Gasteiger charge is -2.28. The average Bonchev–Trinajstić information content (AvgIpc) is 2.70. The third kappa shape index (κ3) is 3.81. The SMILES string of the molecule is COc1cc2c(c(OC)c1OC)CN(CCc1ccc([N+](=O)[O-])cc1)C=C2. The van der Waals surface area contributed by atoms with Crippen molar-refractivity contribution in [3.63, 3.8) is 0 Å². The molecule has 0 aliphatic carbocycles. The summed E-state index contributed by atoms with van der Waals surface area (Å²) in [6, 6.07) is 8.62. The van der Waals surface area contributed by atoms with Crippen LogP contribution in [-0.4, -0.2) is 37.7 Å². The molecule has 2 aromatic carbocycles. The third-order valence-electron chi connectivity index (χ3n) is 4.63. The molecule has 0 spiro atoms. The van der Waals surface area contributed by atoms with E-state index in [1.54, 1.807) is 33.5 Å². The van der Waals surface area contributed by atoms with Gasteiger partial charge in [-0.05, 0) is 35.9 Å². The van der Waals surface area contributed by atoms with Crippen molar-refractivity contribution in [2.24, 2.45) is 0 Å². The van der Waals surface area contributed by atoms with E-state index in [0.717, 1.165) is 29.7 Å². The van der Waals surface area contributed by atoms with Crippen molar-refractivity contribution in [1.82, 2.24) is 4.90 Å². The molecule has 7 nitrogen and oxygen atoms in total. The smallest absolute Gasteiger partial charge is 0.269 e. The van der Waals surface area contributed by atoms with Gasteiger partial charge in [-0.2, -0.15) is 0 Å². The van der Waals surface area contributed by atoms with Crippen LogP contribution in [0.2, 0.25) is 0 Å². The monoisotopic (exact) mass is 370 g/mol. The quantitative estimate of drug-likeness (QED) is 0.547. The maximum Gasteiger partial charge on any atom is 0.269 e. The summed E-state index contributed by atoms with van der Waals surface area (Å²) in [5.41, 5.74) is 3.24. The summed E-state index contributed by atoms with van der Waals surface area (Å²) < 4.78 is 16.5. The number of nitrogens with zero attached hydrogens (tertiary/aromatic N) is 2. The van der Waals surface area contributed by atoms with Gasteiger partial charge in [0.05, 0.1) is 26.3 Å². The van der Waals surface area contributed by atoms with Gasteiger partial charge >= 0.3 is 0 Å². The Morgan fingerprint density at radius 3 is 2.37 bits per heavy atom. The first-order valence-corrected chi connectivity index (χ1v) is 8.54. The first-order chi connectivity index (χ1) is 13.1. The summed E-state index contributed by atoms with van der Waals surface area (Å²) in [5.74, 6) is 1.90. The van der Waals surface area contributed by atoms with Crippen molar-refractivity contribution in [3.05, 3.63) is 63.3 Å². The molecule has 0 aromatic heterocycles. The van der Waals surface area contributed by atoms with Crippen LogP contribution < -0.4 is 14.2 Å². The summed E-state index contributed by atoms with van der Waals surface area (Å²) in [4.78, 5) is 12.5. The second kappa shape index (κ2) is 7.99. The lowest BCUT2D eigenvalue weighted by Crippen LogP contribution is -2.23. The van der Waals surface area contributed by atoms with Gasteiger partial charge < -0.3 is 19.1 Å². The molecule has 0 fully saturated rings. The summed E-state index contributed by atoms with van der Waals surface area (Å²) in [7, 11) is 4.82. The zero-order valence-electron chi connectivity index (χ0n) is 15.6. The van der Waals surface area contributed by atoms with Crippen LogP contribution >= 0.6 is 0 Å². The molecule has 0 unspecified atom stereocenters. The molecule has 0 radical (unpaired) electrons. The van der Waals surface area contributed by atoms with Crippen LogP contribution in [0.3, 0.4) is 0 Å². The number of methoxy groups -OCH3 is 3. The highest BCUT2D eigenvalue weighted by atomic mass is 16.6. The van der Waals surface area contributed by atoms with Crippen molar-refractivity contribution < 1.29 is 19.1 Å². The predicted molar refractivity (Wildman–Crippen MR) is 102 cm³/mol. The van der Waals surface area contributed by atoms with E-state index < -0.39 is 0 Å². The highest BCUT2D eigenvalue weighted by Crippen LogP contribution is 2.44. The number of ether oxygens (including phenoxy) is 3. The minimum atomic E-state index is -0.387. The van der Waals surface area contributed by atoms with Crippen LogP contribution in [0, 0.1) is 10.1 Å². The van der Waals surface area contributed by atoms with Gasteiger partial charge in [-0.1, -0.05) is 12.1 Å². The zero-order valence-corrected chi connectivity index (χ0v) is 15.6. The first-order valence-electron chi connectivity index (χ1n) is 8.54. The highest BCUT2D eigenvalue weighted by Gasteiger charge is 2.23. The van der Waals surface area contributed by atoms with Gasteiger partial charge in [-0.25, -0.2) is 0 Å². The standard InChI is InChI=1S/C20H22N2O5/c1-25-18-12-15-9-11-21(13-17(15)19(26-2)20(18)27-3)10-8-14-4-6-16(7-5-14)22(23)24/h4-7,9,11-12H,8,10,13H2,1-3H3. The number of hydrogen-bond acceptors (Lipinski definition) is 6. The van der Waals surface area contributed by atoms with Gasteiger partial charge in [-0.15, -0.1) is 0 Å². The number of nitro groups is 1. The minimum absolute atomic E-state index is 0.108. The molecule has 27 heavy (non-hydrogen) atoms. The molecule has 0 saturated carbocycles. The normalized spacial score (nSPS) is 12.5. The van der Waals surface area contributed by atoms with Gasteiger partial charge in [-0.3, -0.25) is 10.1 Å². The molecule has 2 aromatic rings. The second-order valence-electron chi connectivity index (χ2n) is 6.17. The molecule has 0 saturated heterocycles. The summed E-state index contributed by atoms with van der Waals surface area (Å²) >= 11 is 0. The fourth-order valence-corrected chi connectivity index (χ4v) is 3.20. The van der Waals surface area contributed by atoms with Crippen molar-refractivity contribution in [2.45, 2.75) is 13.0 Å². The molecule has 1 aliphatic rings. The highest BCUT2D eigenvalue weighted by molar-refractivity contribution is 5.68. The van der Waals surface area contributed by atoms with Crippen molar-refractivity contribution >= 4 is 11.8 Å². The van der Waals surface area contributed by atoms with E-state index in [1.807, 2.05) is 18.3 Å². The van der Waals surface area contributed by atoms with Crippen LogP contribution in [0.4, 0.5) is 5.69 Å². The van der Waals surface area contributed by atoms with E-state index in [9.17, 15) is 10.1 Å². The lowest BCUT2D eigenvalue weighted by atomic mass is 10.0. The number of fused-ring (bicyclic) bond motifs is 1. The van der Waals surface area contributed by atoms with E-state index in [2.05, 4.69) is 4.90 Å². The van der Waals surface area contributed by atoms with Crippen molar-refractivity contribution in [1.29, 1.82) is 0 Å². The number of hydrogen-bond donors (Lipinski definition) is 0. The molecule has 3 rings (SSSR count). The predicted octanol–water partition coefficient (Wildman–Crippen LogP) is 3.65. The average molecular weight is 370 g/mol. The Kier molecular flexibility index (Phi) is 5.49. The molecule has 0 N–H and O–H groups in total. The van der Waals surface area contributed by atoms with E-state index in [0.29, 0.717) is 23.8 Å². The molecule has 7 heteroatoms. The van der Waals surface area contributed by atoms with Crippen molar-refractivity contribution in [2.75, 3.05) is 27.9 Å². The Bertz CT molecular complexity index is 862.